The van der Waals surface area contributed by atoms with Crippen LogP contribution in [0.25, 0.3) is 11.1 Å². The van der Waals surface area contributed by atoms with Crippen molar-refractivity contribution < 1.29 is 19.4 Å². The molecule has 1 aliphatic carbocycles. The van der Waals surface area contributed by atoms with Gasteiger partial charge in [-0.25, -0.2) is 4.98 Å². The molecule has 0 bridgehead atoms. The maximum atomic E-state index is 13.8. The summed E-state index contributed by atoms with van der Waals surface area (Å²) in [4.78, 5) is 47.6. The first-order valence-corrected chi connectivity index (χ1v) is 15.7. The summed E-state index contributed by atoms with van der Waals surface area (Å²) < 4.78 is 6.81. The second kappa shape index (κ2) is 11.9. The van der Waals surface area contributed by atoms with Crippen molar-refractivity contribution in [3.63, 3.8) is 0 Å². The molecule has 2 aromatic heterocycles. The zero-order valence-electron chi connectivity index (χ0n) is 26.1. The fourth-order valence-electron chi connectivity index (χ4n) is 6.46. The van der Waals surface area contributed by atoms with Crippen LogP contribution in [0.3, 0.4) is 0 Å². The Morgan fingerprint density at radius 2 is 1.83 bits per heavy atom. The van der Waals surface area contributed by atoms with E-state index in [1.807, 2.05) is 24.3 Å². The third-order valence-corrected chi connectivity index (χ3v) is 9.55. The molecule has 2 amide bonds. The first kappa shape index (κ1) is 29.9. The van der Waals surface area contributed by atoms with Crippen molar-refractivity contribution in [1.29, 1.82) is 0 Å². The minimum atomic E-state index is -0.286. The summed E-state index contributed by atoms with van der Waals surface area (Å²) in [7, 11) is 1.67. The predicted octanol–water partition coefficient (Wildman–Crippen LogP) is 4.41. The van der Waals surface area contributed by atoms with Gasteiger partial charge in [0.2, 0.25) is 0 Å². The van der Waals surface area contributed by atoms with E-state index < -0.39 is 0 Å². The van der Waals surface area contributed by atoms with E-state index in [1.165, 1.54) is 29.2 Å². The van der Waals surface area contributed by atoms with E-state index in [0.717, 1.165) is 12.0 Å². The van der Waals surface area contributed by atoms with Crippen LogP contribution in [0.4, 0.5) is 17.2 Å². The molecule has 0 unspecified atom stereocenters. The second-order valence-electron chi connectivity index (χ2n) is 12.6. The van der Waals surface area contributed by atoms with Gasteiger partial charge in [0, 0.05) is 55.8 Å². The number of fused-ring (bicyclic) bond motifs is 1. The van der Waals surface area contributed by atoms with Gasteiger partial charge in [-0.1, -0.05) is 31.2 Å². The average Bonchev–Trinajstić information content (AvgIpc) is 3.85. The summed E-state index contributed by atoms with van der Waals surface area (Å²) in [6.45, 7) is 4.61. The molecule has 46 heavy (non-hydrogen) atoms. The average molecular weight is 620 g/mol. The number of nitrogens with one attached hydrogen (secondary N) is 1. The smallest absolute Gasteiger partial charge is 0.274 e. The van der Waals surface area contributed by atoms with Crippen molar-refractivity contribution in [2.24, 2.45) is 7.05 Å². The number of morpholine rings is 1. The van der Waals surface area contributed by atoms with Gasteiger partial charge < -0.3 is 29.5 Å². The van der Waals surface area contributed by atoms with E-state index in [4.69, 9.17) is 4.74 Å². The lowest BCUT2D eigenvalue weighted by atomic mass is 9.90. The van der Waals surface area contributed by atoms with E-state index in [9.17, 15) is 19.5 Å². The highest BCUT2D eigenvalue weighted by Gasteiger charge is 2.40. The molecule has 4 aromatic rings. The van der Waals surface area contributed by atoms with Gasteiger partial charge in [0.05, 0.1) is 31.1 Å². The normalized spacial score (nSPS) is 17.1. The van der Waals surface area contributed by atoms with Crippen LogP contribution in [0.5, 0.6) is 0 Å². The van der Waals surface area contributed by atoms with Crippen LogP contribution < -0.4 is 15.8 Å². The zero-order chi connectivity index (χ0) is 32.0. The highest BCUT2D eigenvalue weighted by atomic mass is 16.5. The Morgan fingerprint density at radius 3 is 2.54 bits per heavy atom. The Bertz CT molecular complexity index is 1890. The molecule has 10 heteroatoms. The Balaban J connectivity index is 1.16. The van der Waals surface area contributed by atoms with E-state index in [1.54, 1.807) is 41.2 Å². The fourth-order valence-corrected chi connectivity index (χ4v) is 6.46. The number of hydrogen-bond acceptors (Lipinski definition) is 7. The maximum Gasteiger partial charge on any atom is 0.274 e. The molecule has 3 aliphatic rings. The van der Waals surface area contributed by atoms with Gasteiger partial charge in [-0.15, -0.1) is 0 Å². The van der Waals surface area contributed by atoms with Crippen molar-refractivity contribution in [3.05, 3.63) is 105 Å². The number of aromatic nitrogens is 2. The SMILES string of the molecule is Cn1cc(-c2cccc(N3CCc4cc(C5(C)CC5)ccc4C3=O)c2CO)cc(Nc2ccc(C(=O)N3CCOCC3)cn2)c1=O. The minimum absolute atomic E-state index is 0.0787. The first-order chi connectivity index (χ1) is 22.3. The van der Waals surface area contributed by atoms with Gasteiger partial charge in [0.25, 0.3) is 17.4 Å². The number of carbonyl (C=O) groups excluding carboxylic acids is 2. The molecule has 1 saturated carbocycles. The predicted molar refractivity (Wildman–Crippen MR) is 176 cm³/mol. The third kappa shape index (κ3) is 5.48. The molecule has 2 aromatic carbocycles. The molecular formula is C36H37N5O5. The quantitative estimate of drug-likeness (QED) is 0.315. The molecule has 1 saturated heterocycles. The molecule has 0 radical (unpaired) electrons. The number of aryl methyl sites for hydroxylation is 1. The van der Waals surface area contributed by atoms with E-state index >= 15 is 0 Å². The zero-order valence-corrected chi connectivity index (χ0v) is 26.1. The summed E-state index contributed by atoms with van der Waals surface area (Å²) in [6, 6.07) is 16.9. The molecule has 0 spiro atoms. The molecule has 2 fully saturated rings. The number of aliphatic hydroxyl groups excluding tert-OH is 1. The van der Waals surface area contributed by atoms with Gasteiger partial charge in [0.15, 0.2) is 0 Å². The van der Waals surface area contributed by atoms with Gasteiger partial charge >= 0.3 is 0 Å². The Morgan fingerprint density at radius 1 is 1.02 bits per heavy atom. The summed E-state index contributed by atoms with van der Waals surface area (Å²) in [5.74, 6) is 0.232. The minimum Gasteiger partial charge on any atom is -0.392 e. The van der Waals surface area contributed by atoms with Crippen LogP contribution in [0.15, 0.2) is 71.8 Å². The van der Waals surface area contributed by atoms with E-state index in [2.05, 4.69) is 29.4 Å². The van der Waals surface area contributed by atoms with Crippen LogP contribution in [-0.2, 0) is 30.2 Å². The Labute approximate surface area is 267 Å². The highest BCUT2D eigenvalue weighted by Crippen LogP contribution is 2.48. The third-order valence-electron chi connectivity index (χ3n) is 9.55. The van der Waals surface area contributed by atoms with Gasteiger partial charge in [-0.2, -0.15) is 0 Å². The van der Waals surface area contributed by atoms with Crippen molar-refractivity contribution in [3.8, 4) is 11.1 Å². The van der Waals surface area contributed by atoms with Crippen LogP contribution in [0, 0.1) is 0 Å². The Hall–Kier alpha value is -4.80. The number of aliphatic hydroxyl groups is 1. The number of anilines is 3. The first-order valence-electron chi connectivity index (χ1n) is 15.7. The molecule has 4 heterocycles. The summed E-state index contributed by atoms with van der Waals surface area (Å²) >= 11 is 0. The number of nitrogens with zero attached hydrogens (tertiary/aromatic N) is 4. The summed E-state index contributed by atoms with van der Waals surface area (Å²) in [5.41, 5.74) is 6.48. The summed E-state index contributed by atoms with van der Waals surface area (Å²) in [6.07, 6.45) is 6.32. The van der Waals surface area contributed by atoms with Crippen LogP contribution >= 0.6 is 0 Å². The number of ether oxygens (including phenoxy) is 1. The largest absolute Gasteiger partial charge is 0.392 e. The molecular weight excluding hydrogens is 582 g/mol. The highest BCUT2D eigenvalue weighted by molar-refractivity contribution is 6.09. The number of amides is 2. The second-order valence-corrected chi connectivity index (χ2v) is 12.6. The lowest BCUT2D eigenvalue weighted by Crippen LogP contribution is -2.40. The lowest BCUT2D eigenvalue weighted by Gasteiger charge is -2.31. The lowest BCUT2D eigenvalue weighted by molar-refractivity contribution is 0.0302. The van der Waals surface area contributed by atoms with Gasteiger partial charge in [-0.3, -0.25) is 14.4 Å². The number of rotatable bonds is 7. The van der Waals surface area contributed by atoms with Crippen molar-refractivity contribution in [1.82, 2.24) is 14.5 Å². The summed E-state index contributed by atoms with van der Waals surface area (Å²) in [5, 5.41) is 13.7. The molecule has 2 aliphatic heterocycles. The van der Waals surface area contributed by atoms with Crippen molar-refractivity contribution >= 4 is 29.0 Å². The fraction of sp³-hybridized carbons (Fsp3) is 0.333. The van der Waals surface area contributed by atoms with Crippen molar-refractivity contribution in [2.75, 3.05) is 43.1 Å². The molecule has 7 rings (SSSR count). The number of pyridine rings is 2. The number of benzene rings is 2. The van der Waals surface area contributed by atoms with Crippen LogP contribution in [-0.4, -0.2) is 64.2 Å². The number of hydrogen-bond donors (Lipinski definition) is 2. The molecule has 2 N–H and O–H groups in total. The maximum absolute atomic E-state index is 13.8. The monoisotopic (exact) mass is 619 g/mol. The Kier molecular flexibility index (Phi) is 7.70. The van der Waals surface area contributed by atoms with Gasteiger partial charge in [-0.05, 0) is 71.7 Å². The van der Waals surface area contributed by atoms with Crippen molar-refractivity contribution in [2.45, 2.75) is 38.2 Å². The van der Waals surface area contributed by atoms with Crippen LogP contribution in [0.1, 0.15) is 57.2 Å². The molecule has 236 valence electrons. The van der Waals surface area contributed by atoms with E-state index in [-0.39, 0.29) is 35.1 Å². The topological polar surface area (TPSA) is 117 Å². The van der Waals surface area contributed by atoms with E-state index in [0.29, 0.717) is 72.2 Å². The number of carbonyl (C=O) groups is 2. The molecule has 0 atom stereocenters. The van der Waals surface area contributed by atoms with Gasteiger partial charge in [0.1, 0.15) is 11.5 Å². The molecule has 10 nitrogen and oxygen atoms in total. The van der Waals surface area contributed by atoms with Crippen LogP contribution in [0.2, 0.25) is 0 Å². The standard InChI is InChI=1S/C36H37N5O5/c1-36(11-12-36)26-7-8-28-23(18-26)10-13-41(34(28)44)31-5-3-4-27(29(31)22-42)25-19-30(35(45)39(2)21-25)38-32-9-6-24(20-37-32)33(43)40-14-16-46-17-15-40/h3-9,18-21,42H,10-17,22H2,1-2H3,(H,37,38).